The van der Waals surface area contributed by atoms with Crippen LogP contribution < -0.4 is 76.3 Å². The van der Waals surface area contributed by atoms with Crippen LogP contribution >= 0.6 is 11.6 Å². The number of hydrogen-bond acceptors (Lipinski definition) is 19. The molecule has 0 unspecified atom stereocenters. The largest absolute Gasteiger partial charge is 0.497 e. The molecule has 26 nitrogen and oxygen atoms in total. The number of carbonyl (C=O) groups excluding carboxylic acids is 8. The number of nitrogens with two attached hydrogens (primary N) is 1. The molecule has 5 aromatic rings. The number of halogens is 1. The molecule has 0 spiro atoms. The van der Waals surface area contributed by atoms with Crippen LogP contribution in [0.25, 0.3) is 11.1 Å². The van der Waals surface area contributed by atoms with Crippen LogP contribution in [0.1, 0.15) is 84.8 Å². The van der Waals surface area contributed by atoms with Crippen molar-refractivity contribution in [3.63, 3.8) is 0 Å². The van der Waals surface area contributed by atoms with Crippen molar-refractivity contribution in [1.82, 2.24) is 37.2 Å². The van der Waals surface area contributed by atoms with E-state index in [2.05, 4.69) is 37.2 Å². The number of aliphatic hydroxyl groups is 2. The summed E-state index contributed by atoms with van der Waals surface area (Å²) in [5.41, 5.74) is 6.18. The minimum Gasteiger partial charge on any atom is -0.497 e. The van der Waals surface area contributed by atoms with Gasteiger partial charge in [0.1, 0.15) is 65.4 Å². The van der Waals surface area contributed by atoms with E-state index in [9.17, 15) is 29.4 Å². The van der Waals surface area contributed by atoms with E-state index < -0.39 is 108 Å². The number of anilines is 1. The van der Waals surface area contributed by atoms with Gasteiger partial charge in [0.2, 0.25) is 47.1 Å². The first-order valence-electron chi connectivity index (χ1n) is 27.3. The SMILES string of the molecule is CN[C@H](CC(C)C)C(=O)N[C@H]1C(=O)N[C@@H](CC(N)=O)C(=O)N[C@H]2C(=O)N[C@H]3C(=O)N[C@H](C(=O)N[C@H](C(=O)OC)c4cc(OC)cc(OC)c4-c4cc3ccc4OC)[C@H](O)c3ccc(c(Cl)c3)Oc3cc2cc(c3OC)Oc2ccc(cc2N(C)C)[C@H]1O. The molecule has 0 radical (unpaired) electrons. The zero-order valence-electron chi connectivity index (χ0n) is 49.1. The molecule has 7 amide bonds. The molecule has 11 bridgehead atoms. The van der Waals surface area contributed by atoms with E-state index in [1.165, 1.54) is 107 Å². The number of amides is 7. The average molecular weight is 1220 g/mol. The van der Waals surface area contributed by atoms with Crippen molar-refractivity contribution in [3.8, 4) is 57.1 Å². The van der Waals surface area contributed by atoms with Crippen LogP contribution in [0.5, 0.6) is 46.0 Å². The Morgan fingerprint density at radius 2 is 1.29 bits per heavy atom. The number of nitrogens with zero attached hydrogens (tertiary/aromatic N) is 1. The third-order valence-corrected chi connectivity index (χ3v) is 15.1. The van der Waals surface area contributed by atoms with Crippen molar-refractivity contribution in [2.75, 3.05) is 61.6 Å². The van der Waals surface area contributed by atoms with Crippen LogP contribution in [-0.2, 0) is 43.1 Å². The maximum atomic E-state index is 15.8. The molecule has 0 saturated heterocycles. The molecular formula is C60H68ClN9O17. The van der Waals surface area contributed by atoms with E-state index >= 15 is 19.2 Å². The van der Waals surface area contributed by atoms with Crippen LogP contribution in [0.3, 0.4) is 0 Å². The summed E-state index contributed by atoms with van der Waals surface area (Å²) in [5, 5.41) is 42.9. The predicted molar refractivity (Wildman–Crippen MR) is 313 cm³/mol. The average Bonchev–Trinajstić information content (AvgIpc) is 1.13. The van der Waals surface area contributed by atoms with Crippen LogP contribution in [0.2, 0.25) is 5.02 Å². The monoisotopic (exact) mass is 1220 g/mol. The first-order chi connectivity index (χ1) is 41.4. The van der Waals surface area contributed by atoms with Crippen molar-refractivity contribution >= 4 is 64.6 Å². The number of ether oxygens (including phenoxy) is 7. The zero-order chi connectivity index (χ0) is 63.3. The van der Waals surface area contributed by atoms with Crippen molar-refractivity contribution in [2.45, 2.75) is 81.2 Å². The van der Waals surface area contributed by atoms with Gasteiger partial charge in [-0.25, -0.2) is 4.79 Å². The van der Waals surface area contributed by atoms with Gasteiger partial charge in [-0.05, 0) is 96.2 Å². The molecule has 5 aromatic carbocycles. The fourth-order valence-electron chi connectivity index (χ4n) is 10.4. The molecule has 11 N–H and O–H groups in total. The number of nitrogens with one attached hydrogen (secondary N) is 7. The summed E-state index contributed by atoms with van der Waals surface area (Å²) in [4.78, 5) is 119. The Morgan fingerprint density at radius 3 is 1.89 bits per heavy atom. The van der Waals surface area contributed by atoms with Gasteiger partial charge in [0.05, 0.1) is 58.7 Å². The lowest BCUT2D eigenvalue weighted by Gasteiger charge is -2.32. The van der Waals surface area contributed by atoms with Gasteiger partial charge in [-0.15, -0.1) is 0 Å². The number of primary amides is 1. The van der Waals surface area contributed by atoms with E-state index in [4.69, 9.17) is 50.5 Å². The number of methoxy groups -OCH3 is 5. The van der Waals surface area contributed by atoms with Crippen molar-refractivity contribution < 1.29 is 81.7 Å². The van der Waals surface area contributed by atoms with Gasteiger partial charge in [0.15, 0.2) is 23.3 Å². The highest BCUT2D eigenvalue weighted by Gasteiger charge is 2.42. The van der Waals surface area contributed by atoms with E-state index in [0.29, 0.717) is 12.1 Å². The smallest absolute Gasteiger partial charge is 0.333 e. The lowest BCUT2D eigenvalue weighted by atomic mass is 9.89. The summed E-state index contributed by atoms with van der Waals surface area (Å²) in [6.45, 7) is 3.77. The molecule has 0 aromatic heterocycles. The van der Waals surface area contributed by atoms with E-state index in [0.717, 1.165) is 7.11 Å². The molecule has 5 heterocycles. The molecule has 10 rings (SSSR count). The first kappa shape index (κ1) is 63.6. The number of likely N-dealkylation sites (N-methyl/N-ethyl adjacent to an activating group) is 1. The van der Waals surface area contributed by atoms with Gasteiger partial charge in [-0.2, -0.15) is 0 Å². The summed E-state index contributed by atoms with van der Waals surface area (Å²) in [7, 11) is 11.3. The minimum absolute atomic E-state index is 0.00214. The topological polar surface area (TPSA) is 355 Å². The quantitative estimate of drug-likeness (QED) is 0.0757. The third-order valence-electron chi connectivity index (χ3n) is 14.8. The summed E-state index contributed by atoms with van der Waals surface area (Å²) >= 11 is 6.98. The fraction of sp³-hybridized carbons (Fsp3) is 0.367. The van der Waals surface area contributed by atoms with Crippen molar-refractivity contribution in [1.29, 1.82) is 0 Å². The highest BCUT2D eigenvalue weighted by atomic mass is 35.5. The predicted octanol–water partition coefficient (Wildman–Crippen LogP) is 3.11. The summed E-state index contributed by atoms with van der Waals surface area (Å²) in [5.74, 6) is -8.82. The molecule has 9 atom stereocenters. The second kappa shape index (κ2) is 26.9. The van der Waals surface area contributed by atoms with Crippen LogP contribution in [-0.4, -0.2) is 138 Å². The molecular weight excluding hydrogens is 1150 g/mol. The van der Waals surface area contributed by atoms with Gasteiger partial charge in [-0.1, -0.05) is 43.6 Å². The maximum Gasteiger partial charge on any atom is 0.333 e. The lowest BCUT2D eigenvalue weighted by Crippen LogP contribution is -2.59. The van der Waals surface area contributed by atoms with Gasteiger partial charge in [0.25, 0.3) is 0 Å². The number of fused-ring (bicyclic) bond motifs is 15. The summed E-state index contributed by atoms with van der Waals surface area (Å²) < 4.78 is 41.7. The second-order valence-electron chi connectivity index (χ2n) is 21.2. The molecule has 5 aliphatic rings. The molecule has 0 saturated carbocycles. The van der Waals surface area contributed by atoms with Crippen LogP contribution in [0.4, 0.5) is 5.69 Å². The van der Waals surface area contributed by atoms with Crippen LogP contribution in [0, 0.1) is 5.92 Å². The number of rotatable bonds is 13. The number of benzene rings is 5. The number of esters is 1. The van der Waals surface area contributed by atoms with E-state index in [1.54, 1.807) is 26.0 Å². The van der Waals surface area contributed by atoms with Gasteiger partial charge < -0.3 is 91.2 Å². The molecule has 27 heteroatoms. The van der Waals surface area contributed by atoms with E-state index in [1.807, 2.05) is 13.8 Å². The summed E-state index contributed by atoms with van der Waals surface area (Å²) in [6.07, 6.45) is -4.42. The lowest BCUT2D eigenvalue weighted by molar-refractivity contribution is -0.146. The first-order valence-corrected chi connectivity index (χ1v) is 27.7. The number of carbonyl (C=O) groups is 8. The van der Waals surface area contributed by atoms with Gasteiger partial charge in [-0.3, -0.25) is 33.6 Å². The van der Waals surface area contributed by atoms with Crippen molar-refractivity contribution in [2.24, 2.45) is 11.7 Å². The Bertz CT molecular complexity index is 3530. The summed E-state index contributed by atoms with van der Waals surface area (Å²) in [6, 6.07) is 5.88. The fourth-order valence-corrected chi connectivity index (χ4v) is 10.7. The Balaban J connectivity index is 1.41. The minimum atomic E-state index is -2.02. The van der Waals surface area contributed by atoms with Gasteiger partial charge >= 0.3 is 5.97 Å². The van der Waals surface area contributed by atoms with E-state index in [-0.39, 0.29) is 95.9 Å². The third kappa shape index (κ3) is 13.5. The zero-order valence-corrected chi connectivity index (χ0v) is 49.9. The Morgan fingerprint density at radius 1 is 0.667 bits per heavy atom. The molecule has 87 heavy (non-hydrogen) atoms. The molecule has 462 valence electrons. The molecule has 0 fully saturated rings. The second-order valence-corrected chi connectivity index (χ2v) is 21.6. The Kier molecular flexibility index (Phi) is 19.7. The highest BCUT2D eigenvalue weighted by molar-refractivity contribution is 6.32. The standard InChI is InChI=1S/C60H68ClN9O17/c1-26(2)17-35(63-3)54(74)68-49-52(73)29-13-16-40(37(20-29)70(4)5)87-43-22-30-21-42(53(43)84-9)86-39-15-12-28(19-34(39)61)51(72)50-59(79)67-48(60(80)85-10)33-23-31(81-6)24-41(83-8)45(33)32-18-27(11-14-38(32)82-7)46(56(76)69-50)66-57(77)47(30)65-55(75)36(25-44(62)71)64-58(49)78/h11-16,18-24,26,35-36,46-52,63,72-73H,17,25H2,1-10H3,(H2,62,71)(H,64,78)(H,65,75)(H,66,77)(H,67,79)(H,68,74)(H,69,76)/t35-,36+,46-,47-,48+,49-,50+,51-,52-/m1/s1. The molecule has 5 aliphatic heterocycles. The Hall–Kier alpha value is -9.37. The van der Waals surface area contributed by atoms with Gasteiger partial charge in [0, 0.05) is 36.9 Å². The van der Waals surface area contributed by atoms with Crippen molar-refractivity contribution in [3.05, 3.63) is 112 Å². The maximum absolute atomic E-state index is 15.8. The Labute approximate surface area is 505 Å². The number of hydrogen-bond donors (Lipinski definition) is 10. The van der Waals surface area contributed by atoms with Crippen LogP contribution in [0.15, 0.2) is 78.9 Å². The normalized spacial score (nSPS) is 21.4. The molecule has 0 aliphatic carbocycles. The number of aliphatic hydroxyl groups excluding tert-OH is 2. The highest BCUT2D eigenvalue weighted by Crippen LogP contribution is 2.49.